The molecule has 6 fully saturated rings. The lowest BCUT2D eigenvalue weighted by Gasteiger charge is -2.26. The maximum absolute atomic E-state index is 12.2. The number of rotatable bonds is 6. The number of fused-ring (bicyclic) bond motifs is 3. The van der Waals surface area contributed by atoms with Crippen molar-refractivity contribution in [2.75, 3.05) is 108 Å². The van der Waals surface area contributed by atoms with Gasteiger partial charge < -0.3 is 54.5 Å². The van der Waals surface area contributed by atoms with Gasteiger partial charge >= 0.3 is 18.2 Å². The van der Waals surface area contributed by atoms with Crippen LogP contribution in [0.4, 0.5) is 25.8 Å². The molecule has 8 rings (SSSR count). The van der Waals surface area contributed by atoms with E-state index in [1.165, 1.54) is 16.9 Å². The second-order valence-electron chi connectivity index (χ2n) is 19.4. The molecule has 332 valence electrons. The molecule has 0 unspecified atom stereocenters. The van der Waals surface area contributed by atoms with Gasteiger partial charge in [-0.3, -0.25) is 0 Å². The van der Waals surface area contributed by atoms with Crippen LogP contribution in [0.15, 0.2) is 48.5 Å². The summed E-state index contributed by atoms with van der Waals surface area (Å²) in [6, 6.07) is 16.9. The highest BCUT2D eigenvalue weighted by Crippen LogP contribution is 2.36. The highest BCUT2D eigenvalue weighted by molar-refractivity contribution is 5.74. The van der Waals surface area contributed by atoms with Crippen LogP contribution in [0.5, 0.6) is 5.75 Å². The Balaban J connectivity index is 0.000000154. The van der Waals surface area contributed by atoms with E-state index in [0.717, 1.165) is 84.3 Å². The minimum atomic E-state index is -0.414. The van der Waals surface area contributed by atoms with Crippen LogP contribution in [-0.2, 0) is 9.47 Å². The topological polar surface area (TPSA) is 139 Å². The van der Waals surface area contributed by atoms with Gasteiger partial charge in [-0.2, -0.15) is 0 Å². The van der Waals surface area contributed by atoms with Gasteiger partial charge in [0.1, 0.15) is 17.0 Å². The number of carbonyl (C=O) groups excluding carboxylic acids is 3. The number of aliphatic hydroxyl groups excluding tert-OH is 1. The zero-order valence-corrected chi connectivity index (χ0v) is 37.3. The molecule has 0 spiro atoms. The number of hydrogen-bond donors (Lipinski definition) is 3. The summed E-state index contributed by atoms with van der Waals surface area (Å²) in [5.41, 5.74) is 3.01. The van der Waals surface area contributed by atoms with E-state index in [1.807, 2.05) is 75.3 Å². The van der Waals surface area contributed by atoms with Crippen LogP contribution in [0.3, 0.4) is 0 Å². The molecule has 14 nitrogen and oxygen atoms in total. The van der Waals surface area contributed by atoms with E-state index < -0.39 is 5.60 Å². The lowest BCUT2D eigenvalue weighted by molar-refractivity contribution is 0.0272. The molecule has 14 heteroatoms. The molecule has 0 radical (unpaired) electrons. The fourth-order valence-corrected chi connectivity index (χ4v) is 9.33. The van der Waals surface area contributed by atoms with Crippen molar-refractivity contribution in [2.45, 2.75) is 66.6 Å². The Morgan fingerprint density at radius 1 is 0.633 bits per heavy atom. The van der Waals surface area contributed by atoms with Gasteiger partial charge in [0.05, 0.1) is 13.2 Å². The minimum Gasteiger partial charge on any atom is -0.494 e. The van der Waals surface area contributed by atoms with E-state index in [0.29, 0.717) is 48.7 Å². The number of carbonyl (C=O) groups is 3. The summed E-state index contributed by atoms with van der Waals surface area (Å²) >= 11 is 0. The number of benzene rings is 2. The average molecular weight is 834 g/mol. The maximum Gasteiger partial charge on any atom is 0.410 e. The molecule has 0 bridgehead atoms. The molecular weight excluding hydrogens is 763 g/mol. The number of nitrogens with one attached hydrogen (secondary N) is 2. The van der Waals surface area contributed by atoms with Crippen LogP contribution in [0.2, 0.25) is 0 Å². The van der Waals surface area contributed by atoms with Gasteiger partial charge in [0.2, 0.25) is 0 Å². The molecule has 60 heavy (non-hydrogen) atoms. The Bertz CT molecular complexity index is 1690. The molecule has 2 aromatic rings. The summed E-state index contributed by atoms with van der Waals surface area (Å²) in [7, 11) is 0. The molecule has 6 heterocycles. The number of likely N-dealkylation sites (tertiary alicyclic amines) is 3. The molecule has 6 aliphatic heterocycles. The Kier molecular flexibility index (Phi) is 14.7. The monoisotopic (exact) mass is 834 g/mol. The van der Waals surface area contributed by atoms with Crippen LogP contribution in [0.1, 0.15) is 54.0 Å². The fourth-order valence-electron chi connectivity index (χ4n) is 9.33. The lowest BCUT2D eigenvalue weighted by atomic mass is 10.0. The molecule has 2 aromatic carbocycles. The van der Waals surface area contributed by atoms with Gasteiger partial charge in [-0.25, -0.2) is 14.4 Å². The first-order valence-corrected chi connectivity index (χ1v) is 22.1. The third-order valence-electron chi connectivity index (χ3n) is 12.3. The number of urea groups is 1. The van der Waals surface area contributed by atoms with Crippen LogP contribution in [-0.4, -0.2) is 148 Å². The summed E-state index contributed by atoms with van der Waals surface area (Å²) in [5.74, 6) is 4.36. The predicted molar refractivity (Wildman–Crippen MR) is 235 cm³/mol. The number of anilines is 2. The molecule has 6 atom stereocenters. The zero-order chi connectivity index (χ0) is 43.2. The minimum absolute atomic E-state index is 0.0159. The maximum atomic E-state index is 12.2. The van der Waals surface area contributed by atoms with Crippen molar-refractivity contribution in [1.82, 2.24) is 25.3 Å². The van der Waals surface area contributed by atoms with Crippen molar-refractivity contribution in [2.24, 2.45) is 35.5 Å². The smallest absolute Gasteiger partial charge is 0.410 e. The molecule has 6 saturated heterocycles. The Labute approximate surface area is 357 Å². The van der Waals surface area contributed by atoms with Crippen LogP contribution >= 0.6 is 0 Å². The van der Waals surface area contributed by atoms with Crippen molar-refractivity contribution < 1.29 is 33.7 Å². The third kappa shape index (κ3) is 12.1. The van der Waals surface area contributed by atoms with E-state index >= 15 is 0 Å². The van der Waals surface area contributed by atoms with Crippen molar-refractivity contribution in [3.05, 3.63) is 54.1 Å². The number of aliphatic hydroxyl groups is 1. The highest BCUT2D eigenvalue weighted by atomic mass is 16.6. The number of nitrogens with zero attached hydrogens (tertiary/aromatic N) is 5. The van der Waals surface area contributed by atoms with E-state index in [9.17, 15) is 14.4 Å². The van der Waals surface area contributed by atoms with Crippen molar-refractivity contribution >= 4 is 29.6 Å². The Morgan fingerprint density at radius 3 is 1.43 bits per heavy atom. The van der Waals surface area contributed by atoms with Gasteiger partial charge in [-0.05, 0) is 104 Å². The molecule has 3 N–H and O–H groups in total. The fraction of sp³-hybridized carbons (Fsp3) is 0.674. The lowest BCUT2D eigenvalue weighted by Crippen LogP contribution is -2.41. The average Bonchev–Trinajstić information content (AvgIpc) is 4.02. The normalized spacial score (nSPS) is 25.4. The van der Waals surface area contributed by atoms with Gasteiger partial charge in [0.25, 0.3) is 0 Å². The molecule has 0 saturated carbocycles. The molecular formula is C46H71N7O7. The van der Waals surface area contributed by atoms with Gasteiger partial charge in [0.15, 0.2) is 0 Å². The molecule has 4 amide bonds. The summed E-state index contributed by atoms with van der Waals surface area (Å²) < 4.78 is 16.3. The van der Waals surface area contributed by atoms with Crippen LogP contribution in [0.25, 0.3) is 0 Å². The SMILES string of the molecule is CC(C)(C)OC(=O)N1C[C@H]2CNC[C@H]2C1.CCOc1ccc(N2C[C@H]3CN(C(=O)NCCO)C[C@H]3C2)cc1.Cc1ccc(N2C[C@H]3CN(C(=O)OC(C)(C)C)C[C@H]3C2)cc1. The molecule has 0 aromatic heterocycles. The van der Waals surface area contributed by atoms with Crippen LogP contribution in [0, 0.1) is 42.4 Å². The van der Waals surface area contributed by atoms with E-state index in [1.54, 1.807) is 0 Å². The van der Waals surface area contributed by atoms with E-state index in [2.05, 4.69) is 63.8 Å². The second-order valence-corrected chi connectivity index (χ2v) is 19.4. The van der Waals surface area contributed by atoms with Crippen molar-refractivity contribution in [3.63, 3.8) is 0 Å². The largest absolute Gasteiger partial charge is 0.494 e. The first-order valence-electron chi connectivity index (χ1n) is 22.1. The number of amides is 4. The number of hydrogen-bond acceptors (Lipinski definition) is 10. The molecule has 0 aliphatic carbocycles. The Hall–Kier alpha value is -4.43. The Morgan fingerprint density at radius 2 is 1.03 bits per heavy atom. The predicted octanol–water partition coefficient (Wildman–Crippen LogP) is 5.53. The van der Waals surface area contributed by atoms with E-state index in [4.69, 9.17) is 19.3 Å². The summed E-state index contributed by atoms with van der Waals surface area (Å²) in [4.78, 5) is 46.4. The zero-order valence-electron chi connectivity index (χ0n) is 37.3. The van der Waals surface area contributed by atoms with Gasteiger partial charge in [-0.1, -0.05) is 17.7 Å². The summed E-state index contributed by atoms with van der Waals surface area (Å²) in [6.45, 7) is 27.6. The van der Waals surface area contributed by atoms with Crippen molar-refractivity contribution in [3.8, 4) is 5.75 Å². The first-order chi connectivity index (χ1) is 28.5. The standard InChI is InChI=1S/C18H26N2O2.C17H25N3O3.C11H20N2O2/c1-13-5-7-16(8-6-13)19-9-14-11-20(12-15(14)10-19)17(21)22-18(2,3)4;1-2-23-16-5-3-15(4-6-16)19-9-13-11-20(12-14(13)10-19)17(22)18-7-8-21;1-11(2,3)15-10(14)13-6-8-4-12-5-9(8)7-13/h5-8,14-15H,9-12H2,1-4H3;3-6,13-14,21H,2,7-12H2,1H3,(H,18,22);8-9,12H,4-7H2,1-3H3/t14-,15+;13-,14+;8-,9+. The summed E-state index contributed by atoms with van der Waals surface area (Å²) in [5, 5.41) is 14.9. The van der Waals surface area contributed by atoms with E-state index in [-0.39, 0.29) is 30.4 Å². The quantitative estimate of drug-likeness (QED) is 0.341. The number of aryl methyl sites for hydroxylation is 1. The van der Waals surface area contributed by atoms with Crippen LogP contribution < -0.4 is 25.2 Å². The molecule has 6 aliphatic rings. The second kappa shape index (κ2) is 19.5. The summed E-state index contributed by atoms with van der Waals surface area (Å²) in [6.07, 6.45) is -0.319. The van der Waals surface area contributed by atoms with Crippen molar-refractivity contribution in [1.29, 1.82) is 0 Å². The third-order valence-corrected chi connectivity index (χ3v) is 12.3. The van der Waals surface area contributed by atoms with Gasteiger partial charge in [0, 0.05) is 120 Å². The number of ether oxygens (including phenoxy) is 3. The van der Waals surface area contributed by atoms with Gasteiger partial charge in [-0.15, -0.1) is 0 Å². The highest BCUT2D eigenvalue weighted by Gasteiger charge is 2.44. The first kappa shape index (κ1) is 45.1.